The minimum Gasteiger partial charge on any atom is -0.478 e. The van der Waals surface area contributed by atoms with Crippen LogP contribution in [0.15, 0.2) is 23.4 Å². The summed E-state index contributed by atoms with van der Waals surface area (Å²) < 4.78 is 0. The van der Waals surface area contributed by atoms with Crippen LogP contribution in [0.4, 0.5) is 0 Å². The molecule has 2 fully saturated rings. The Kier molecular flexibility index (Phi) is 3.21. The van der Waals surface area contributed by atoms with E-state index in [1.807, 2.05) is 0 Å². The first-order valence-electron chi connectivity index (χ1n) is 6.29. The first kappa shape index (κ1) is 13.1. The molecule has 0 radical (unpaired) electrons. The maximum absolute atomic E-state index is 12.2. The van der Waals surface area contributed by atoms with Crippen LogP contribution in [0.2, 0.25) is 0 Å². The molecule has 6 nitrogen and oxygen atoms in total. The summed E-state index contributed by atoms with van der Waals surface area (Å²) in [7, 11) is 0. The largest absolute Gasteiger partial charge is 0.478 e. The van der Waals surface area contributed by atoms with Crippen molar-refractivity contribution in [2.24, 2.45) is 0 Å². The van der Waals surface area contributed by atoms with Crippen molar-refractivity contribution in [2.75, 3.05) is 0 Å². The molecule has 0 aromatic carbocycles. The van der Waals surface area contributed by atoms with Crippen LogP contribution in [-0.2, 0) is 9.59 Å². The number of carboxylic acid groups (broad SMARTS) is 1. The van der Waals surface area contributed by atoms with Gasteiger partial charge in [-0.3, -0.25) is 14.5 Å². The van der Waals surface area contributed by atoms with Crippen LogP contribution in [0.5, 0.6) is 0 Å². The molecule has 1 aromatic heterocycles. The first-order valence-corrected chi connectivity index (χ1v) is 7.16. The summed E-state index contributed by atoms with van der Waals surface area (Å²) in [6.45, 7) is 0. The van der Waals surface area contributed by atoms with Gasteiger partial charge in [0.15, 0.2) is 0 Å². The quantitative estimate of drug-likeness (QED) is 0.838. The van der Waals surface area contributed by atoms with Crippen molar-refractivity contribution in [3.8, 4) is 0 Å². The molecule has 3 rings (SSSR count). The second-order valence-corrected chi connectivity index (χ2v) is 6.00. The molecule has 1 atom stereocenters. The number of pyridine rings is 1. The monoisotopic (exact) mass is 292 g/mol. The number of rotatable bonds is 4. The van der Waals surface area contributed by atoms with Crippen molar-refractivity contribution in [3.05, 3.63) is 23.9 Å². The zero-order valence-corrected chi connectivity index (χ0v) is 11.3. The number of hydrogen-bond acceptors (Lipinski definition) is 5. The Hall–Kier alpha value is -1.89. The van der Waals surface area contributed by atoms with E-state index in [1.165, 1.54) is 23.2 Å². The Morgan fingerprint density at radius 3 is 2.80 bits per heavy atom. The van der Waals surface area contributed by atoms with Gasteiger partial charge in [0.25, 0.3) is 0 Å². The van der Waals surface area contributed by atoms with E-state index in [1.54, 1.807) is 0 Å². The average Bonchev–Trinajstić information content (AvgIpc) is 3.19. The van der Waals surface area contributed by atoms with Crippen LogP contribution in [0.3, 0.4) is 0 Å². The molecule has 1 saturated carbocycles. The molecule has 0 bridgehead atoms. The lowest BCUT2D eigenvalue weighted by atomic mass is 10.3. The number of aromatic nitrogens is 1. The fourth-order valence-corrected chi connectivity index (χ4v) is 3.33. The summed E-state index contributed by atoms with van der Waals surface area (Å²) in [6, 6.07) is 3.03. The Morgan fingerprint density at radius 2 is 2.15 bits per heavy atom. The van der Waals surface area contributed by atoms with Gasteiger partial charge in [0.2, 0.25) is 11.8 Å². The third-order valence-electron chi connectivity index (χ3n) is 3.31. The van der Waals surface area contributed by atoms with E-state index in [0.29, 0.717) is 0 Å². The molecule has 1 aromatic rings. The second kappa shape index (κ2) is 4.90. The summed E-state index contributed by atoms with van der Waals surface area (Å²) in [6.07, 6.45) is 3.35. The third-order valence-corrected chi connectivity index (χ3v) is 4.51. The molecule has 2 amide bonds. The summed E-state index contributed by atoms with van der Waals surface area (Å²) in [5.41, 5.74) is 0.0580. The van der Waals surface area contributed by atoms with E-state index in [9.17, 15) is 14.4 Å². The van der Waals surface area contributed by atoms with Gasteiger partial charge in [0.1, 0.15) is 5.03 Å². The van der Waals surface area contributed by atoms with Gasteiger partial charge in [-0.2, -0.15) is 0 Å². The molecule has 0 spiro atoms. The number of aromatic carboxylic acids is 1. The molecule has 1 saturated heterocycles. The molecule has 2 aliphatic rings. The predicted octanol–water partition coefficient (Wildman–Crippen LogP) is 1.16. The predicted molar refractivity (Wildman–Crippen MR) is 70.3 cm³/mol. The lowest BCUT2D eigenvalue weighted by Gasteiger charge is -2.13. The zero-order chi connectivity index (χ0) is 14.3. The van der Waals surface area contributed by atoms with E-state index in [-0.39, 0.29) is 34.9 Å². The number of nitrogens with zero attached hydrogens (tertiary/aromatic N) is 2. The Labute approximate surface area is 119 Å². The normalized spacial score (nSPS) is 22.4. The van der Waals surface area contributed by atoms with Crippen molar-refractivity contribution >= 4 is 29.5 Å². The highest BCUT2D eigenvalue weighted by molar-refractivity contribution is 8.00. The Balaban J connectivity index is 1.80. The first-order chi connectivity index (χ1) is 9.58. The summed E-state index contributed by atoms with van der Waals surface area (Å²) >= 11 is 1.06. The van der Waals surface area contributed by atoms with E-state index in [2.05, 4.69) is 4.98 Å². The molecule has 7 heteroatoms. The van der Waals surface area contributed by atoms with Crippen LogP contribution in [0, 0.1) is 0 Å². The average molecular weight is 292 g/mol. The lowest BCUT2D eigenvalue weighted by molar-refractivity contribution is -0.138. The fraction of sp³-hybridized carbons (Fsp3) is 0.385. The molecule has 1 aliphatic carbocycles. The van der Waals surface area contributed by atoms with Gasteiger partial charge < -0.3 is 5.11 Å². The van der Waals surface area contributed by atoms with Gasteiger partial charge in [0, 0.05) is 18.7 Å². The summed E-state index contributed by atoms with van der Waals surface area (Å²) in [5.74, 6) is -1.47. The van der Waals surface area contributed by atoms with Crippen molar-refractivity contribution in [1.82, 2.24) is 9.88 Å². The number of thioether (sulfide) groups is 1. The maximum Gasteiger partial charge on any atom is 0.338 e. The minimum atomic E-state index is -1.09. The standard InChI is InChI=1S/C13H12N2O4S/c16-10-6-9(12(17)15(10)7-3-4-7)20-11-8(13(18)19)2-1-5-14-11/h1-2,5,7,9H,3-4,6H2,(H,18,19). The number of hydrogen-bond donors (Lipinski definition) is 1. The number of carboxylic acids is 1. The topological polar surface area (TPSA) is 87.6 Å². The van der Waals surface area contributed by atoms with Gasteiger partial charge in [0.05, 0.1) is 10.8 Å². The van der Waals surface area contributed by atoms with Gasteiger partial charge in [-0.1, -0.05) is 11.8 Å². The van der Waals surface area contributed by atoms with Gasteiger partial charge in [-0.15, -0.1) is 0 Å². The highest BCUT2D eigenvalue weighted by atomic mass is 32.2. The Bertz CT molecular complexity index is 600. The van der Waals surface area contributed by atoms with Gasteiger partial charge in [-0.25, -0.2) is 9.78 Å². The number of likely N-dealkylation sites (tertiary alicyclic amines) is 1. The van der Waals surface area contributed by atoms with Crippen LogP contribution in [0.25, 0.3) is 0 Å². The molecule has 104 valence electrons. The maximum atomic E-state index is 12.2. The summed E-state index contributed by atoms with van der Waals surface area (Å²) in [4.78, 5) is 40.5. The number of imide groups is 1. The van der Waals surface area contributed by atoms with E-state index in [4.69, 9.17) is 5.11 Å². The van der Waals surface area contributed by atoms with Crippen molar-refractivity contribution in [2.45, 2.75) is 35.6 Å². The zero-order valence-electron chi connectivity index (χ0n) is 10.5. The third kappa shape index (κ3) is 2.29. The SMILES string of the molecule is O=C(O)c1cccnc1SC1CC(=O)N(C2CC2)C1=O. The molecule has 1 aliphatic heterocycles. The van der Waals surface area contributed by atoms with Crippen molar-refractivity contribution in [1.29, 1.82) is 0 Å². The van der Waals surface area contributed by atoms with Gasteiger partial charge in [-0.05, 0) is 25.0 Å². The molecule has 1 unspecified atom stereocenters. The van der Waals surface area contributed by atoms with E-state index in [0.717, 1.165) is 24.6 Å². The molecule has 1 N–H and O–H groups in total. The van der Waals surface area contributed by atoms with E-state index < -0.39 is 11.2 Å². The van der Waals surface area contributed by atoms with Crippen LogP contribution < -0.4 is 0 Å². The summed E-state index contributed by atoms with van der Waals surface area (Å²) in [5, 5.41) is 8.81. The van der Waals surface area contributed by atoms with Crippen LogP contribution in [-0.4, -0.2) is 44.1 Å². The second-order valence-electron chi connectivity index (χ2n) is 4.81. The molecule has 2 heterocycles. The number of carbonyl (C=O) groups excluding carboxylic acids is 2. The lowest BCUT2D eigenvalue weighted by Crippen LogP contribution is -2.33. The number of amides is 2. The van der Waals surface area contributed by atoms with Crippen LogP contribution >= 0.6 is 11.8 Å². The van der Waals surface area contributed by atoms with Gasteiger partial charge >= 0.3 is 5.97 Å². The number of carbonyl (C=O) groups is 3. The molecule has 20 heavy (non-hydrogen) atoms. The highest BCUT2D eigenvalue weighted by Gasteiger charge is 2.46. The smallest absolute Gasteiger partial charge is 0.338 e. The highest BCUT2D eigenvalue weighted by Crippen LogP contribution is 2.37. The molecular formula is C13H12N2O4S. The molecular weight excluding hydrogens is 280 g/mol. The minimum absolute atomic E-state index is 0.0580. The Morgan fingerprint density at radius 1 is 1.40 bits per heavy atom. The van der Waals surface area contributed by atoms with Crippen molar-refractivity contribution < 1.29 is 19.5 Å². The van der Waals surface area contributed by atoms with Crippen molar-refractivity contribution in [3.63, 3.8) is 0 Å². The fourth-order valence-electron chi connectivity index (χ4n) is 2.21. The van der Waals surface area contributed by atoms with Crippen LogP contribution in [0.1, 0.15) is 29.6 Å². The van der Waals surface area contributed by atoms with E-state index >= 15 is 0 Å².